The number of carbonyl (C=O) groups excluding carboxylic acids is 2. The number of rotatable bonds is 4. The predicted molar refractivity (Wildman–Crippen MR) is 124 cm³/mol. The number of carbonyl (C=O) groups is 2. The number of benzene rings is 2. The van der Waals surface area contributed by atoms with Gasteiger partial charge in [0.1, 0.15) is 5.70 Å². The summed E-state index contributed by atoms with van der Waals surface area (Å²) in [6.45, 7) is 0.888. The van der Waals surface area contributed by atoms with Gasteiger partial charge in [0.15, 0.2) is 0 Å². The number of nitrogens with zero attached hydrogens (tertiary/aromatic N) is 3. The van der Waals surface area contributed by atoms with Gasteiger partial charge in [0.25, 0.3) is 5.91 Å². The molecule has 2 aromatic rings. The van der Waals surface area contributed by atoms with Gasteiger partial charge in [-0.2, -0.15) is 4.31 Å². The van der Waals surface area contributed by atoms with Crippen LogP contribution in [0.4, 0.5) is 5.69 Å². The van der Waals surface area contributed by atoms with Crippen molar-refractivity contribution in [3.05, 3.63) is 69.8 Å². The minimum Gasteiger partial charge on any atom is -0.335 e. The second kappa shape index (κ2) is 9.22. The van der Waals surface area contributed by atoms with E-state index >= 15 is 0 Å². The molecule has 1 saturated heterocycles. The maximum Gasteiger partial charge on any atom is 0.271 e. The van der Waals surface area contributed by atoms with Crippen LogP contribution in [0.3, 0.4) is 0 Å². The summed E-state index contributed by atoms with van der Waals surface area (Å²) in [6, 6.07) is 13.2. The van der Waals surface area contributed by atoms with Crippen molar-refractivity contribution in [2.24, 2.45) is 0 Å². The third kappa shape index (κ3) is 4.68. The average molecular weight is 540 g/mol. The van der Waals surface area contributed by atoms with Crippen LogP contribution in [-0.4, -0.2) is 55.6 Å². The van der Waals surface area contributed by atoms with Crippen LogP contribution in [0.5, 0.6) is 0 Å². The van der Waals surface area contributed by atoms with Gasteiger partial charge in [0.2, 0.25) is 15.9 Å². The van der Waals surface area contributed by atoms with Gasteiger partial charge in [-0.15, -0.1) is 0 Å². The minimum atomic E-state index is -3.63. The van der Waals surface area contributed by atoms with Gasteiger partial charge in [-0.1, -0.05) is 27.5 Å². The highest BCUT2D eigenvalue weighted by Crippen LogP contribution is 2.23. The van der Waals surface area contributed by atoms with Crippen LogP contribution in [-0.2, 0) is 19.6 Å². The van der Waals surface area contributed by atoms with E-state index in [2.05, 4.69) is 21.4 Å². The Labute approximate surface area is 199 Å². The molecule has 168 valence electrons. The molecule has 0 radical (unpaired) electrons. The van der Waals surface area contributed by atoms with Gasteiger partial charge in [-0.3, -0.25) is 15.0 Å². The van der Waals surface area contributed by atoms with Gasteiger partial charge >= 0.3 is 0 Å². The van der Waals surface area contributed by atoms with Crippen molar-refractivity contribution in [2.45, 2.75) is 11.3 Å². The molecule has 0 unspecified atom stereocenters. The predicted octanol–water partition coefficient (Wildman–Crippen LogP) is 2.76. The Morgan fingerprint density at radius 3 is 2.22 bits per heavy atom. The number of anilines is 1. The lowest BCUT2D eigenvalue weighted by Crippen LogP contribution is -2.54. The largest absolute Gasteiger partial charge is 0.335 e. The minimum absolute atomic E-state index is 0.0780. The third-order valence-electron chi connectivity index (χ3n) is 5.25. The molecule has 1 N–H and O–H groups in total. The third-order valence-corrected chi connectivity index (χ3v) is 7.95. The number of hydrogen-bond acceptors (Lipinski definition) is 5. The highest BCUT2D eigenvalue weighted by Gasteiger charge is 2.32. The van der Waals surface area contributed by atoms with Gasteiger partial charge < -0.3 is 4.90 Å². The molecule has 11 heteroatoms. The number of hydrogen-bond donors (Lipinski definition) is 1. The summed E-state index contributed by atoms with van der Waals surface area (Å²) in [5, 5.41) is 1.86. The van der Waals surface area contributed by atoms with Crippen molar-refractivity contribution in [1.29, 1.82) is 0 Å². The fourth-order valence-electron chi connectivity index (χ4n) is 3.50. The fourth-order valence-corrected chi connectivity index (χ4v) is 5.31. The van der Waals surface area contributed by atoms with Crippen molar-refractivity contribution in [3.63, 3.8) is 0 Å². The molecule has 0 atom stereocenters. The molecule has 0 aliphatic carbocycles. The molecule has 1 fully saturated rings. The molecule has 32 heavy (non-hydrogen) atoms. The van der Waals surface area contributed by atoms with E-state index in [1.165, 1.54) is 9.31 Å². The highest BCUT2D eigenvalue weighted by molar-refractivity contribution is 9.10. The van der Waals surface area contributed by atoms with Crippen LogP contribution in [0.15, 0.2) is 69.7 Å². The van der Waals surface area contributed by atoms with Gasteiger partial charge in [-0.25, -0.2) is 13.4 Å². The Morgan fingerprint density at radius 1 is 0.969 bits per heavy atom. The first-order valence-corrected chi connectivity index (χ1v) is 12.5. The first kappa shape index (κ1) is 22.8. The van der Waals surface area contributed by atoms with Gasteiger partial charge in [0, 0.05) is 42.1 Å². The maximum absolute atomic E-state index is 13.0. The standard InChI is InChI=1S/C21H20BrClN4O4S/c22-15-1-7-18(8-2-15)32(30,31)26-13-11-25(12-14-26)21(29)19-9-10-20(28)27(24-19)17-5-3-16(23)4-6-17/h1-9,24H,10-14H2. The second-order valence-corrected chi connectivity index (χ2v) is 10.6. The molecule has 0 bridgehead atoms. The van der Waals surface area contributed by atoms with Crippen LogP contribution in [0.1, 0.15) is 6.42 Å². The Bertz CT molecular complexity index is 1160. The molecule has 2 aromatic carbocycles. The number of nitrogens with one attached hydrogen (secondary N) is 1. The lowest BCUT2D eigenvalue weighted by atomic mass is 10.2. The second-order valence-electron chi connectivity index (χ2n) is 7.29. The molecule has 8 nitrogen and oxygen atoms in total. The first-order valence-electron chi connectivity index (χ1n) is 9.86. The molecule has 2 amide bonds. The Hall–Kier alpha value is -2.40. The zero-order valence-corrected chi connectivity index (χ0v) is 20.0. The summed E-state index contributed by atoms with van der Waals surface area (Å²) in [5.41, 5.74) is 3.74. The molecular weight excluding hydrogens is 520 g/mol. The Kier molecular flexibility index (Phi) is 6.57. The summed E-state index contributed by atoms with van der Waals surface area (Å²) >= 11 is 9.21. The molecule has 0 saturated carbocycles. The quantitative estimate of drug-likeness (QED) is 0.645. The summed E-state index contributed by atoms with van der Waals surface area (Å²) < 4.78 is 27.9. The van der Waals surface area contributed by atoms with E-state index in [0.717, 1.165) is 4.47 Å². The van der Waals surface area contributed by atoms with Gasteiger partial charge in [0.05, 0.1) is 10.6 Å². The smallest absolute Gasteiger partial charge is 0.271 e. The summed E-state index contributed by atoms with van der Waals surface area (Å²) in [6.07, 6.45) is 1.64. The topological polar surface area (TPSA) is 90.0 Å². The highest BCUT2D eigenvalue weighted by atomic mass is 79.9. The molecule has 4 rings (SSSR count). The number of piperazine rings is 1. The van der Waals surface area contributed by atoms with E-state index in [9.17, 15) is 18.0 Å². The van der Waals surface area contributed by atoms with E-state index < -0.39 is 10.0 Å². The molecular formula is C21H20BrClN4O4S. The molecule has 0 aromatic heterocycles. The van der Waals surface area contributed by atoms with E-state index in [1.54, 1.807) is 59.5 Å². The van der Waals surface area contributed by atoms with E-state index in [-0.39, 0.29) is 55.0 Å². The van der Waals surface area contributed by atoms with Crippen LogP contribution < -0.4 is 10.4 Å². The molecule has 2 heterocycles. The number of hydrazine groups is 1. The molecule has 2 aliphatic rings. The lowest BCUT2D eigenvalue weighted by molar-refractivity contribution is -0.129. The number of sulfonamides is 1. The Morgan fingerprint density at radius 2 is 1.59 bits per heavy atom. The summed E-state index contributed by atoms with van der Waals surface area (Å²) in [7, 11) is -3.63. The number of halogens is 2. The van der Waals surface area contributed by atoms with Crippen LogP contribution in [0, 0.1) is 0 Å². The van der Waals surface area contributed by atoms with Crippen LogP contribution >= 0.6 is 27.5 Å². The number of amides is 2. The van der Waals surface area contributed by atoms with Crippen molar-refractivity contribution >= 4 is 55.1 Å². The van der Waals surface area contributed by atoms with E-state index in [1.807, 2.05) is 0 Å². The normalized spacial score (nSPS) is 17.7. The maximum atomic E-state index is 13.0. The molecule has 2 aliphatic heterocycles. The SMILES string of the molecule is O=C(C1=CCC(=O)N(c2ccc(Cl)cc2)N1)N1CCN(S(=O)(=O)c2ccc(Br)cc2)CC1. The first-order chi connectivity index (χ1) is 15.3. The van der Waals surface area contributed by atoms with Crippen LogP contribution in [0.25, 0.3) is 0 Å². The average Bonchev–Trinajstić information content (AvgIpc) is 2.80. The van der Waals surface area contributed by atoms with Crippen molar-refractivity contribution in [2.75, 3.05) is 31.2 Å². The Balaban J connectivity index is 1.41. The fraction of sp³-hybridized carbons (Fsp3) is 0.238. The van der Waals surface area contributed by atoms with Crippen LogP contribution in [0.2, 0.25) is 5.02 Å². The lowest BCUT2D eigenvalue weighted by Gasteiger charge is -2.36. The monoisotopic (exact) mass is 538 g/mol. The zero-order valence-electron chi connectivity index (χ0n) is 16.9. The summed E-state index contributed by atoms with van der Waals surface area (Å²) in [4.78, 5) is 27.1. The molecule has 0 spiro atoms. The summed E-state index contributed by atoms with van der Waals surface area (Å²) in [5.74, 6) is -0.480. The van der Waals surface area contributed by atoms with E-state index in [0.29, 0.717) is 10.7 Å². The van der Waals surface area contributed by atoms with Gasteiger partial charge in [-0.05, 0) is 54.6 Å². The zero-order chi connectivity index (χ0) is 22.9. The van der Waals surface area contributed by atoms with Crippen molar-refractivity contribution in [1.82, 2.24) is 14.6 Å². The van der Waals surface area contributed by atoms with Crippen molar-refractivity contribution in [3.8, 4) is 0 Å². The van der Waals surface area contributed by atoms with E-state index in [4.69, 9.17) is 11.6 Å². The van der Waals surface area contributed by atoms with Crippen molar-refractivity contribution < 1.29 is 18.0 Å².